The third-order valence-corrected chi connectivity index (χ3v) is 3.53. The third-order valence-electron chi connectivity index (χ3n) is 2.48. The summed E-state index contributed by atoms with van der Waals surface area (Å²) in [6.45, 7) is 3.37. The molecule has 0 unspecified atom stereocenters. The molecule has 2 aromatic rings. The predicted octanol–water partition coefficient (Wildman–Crippen LogP) is 3.48. The summed E-state index contributed by atoms with van der Waals surface area (Å²) >= 11 is 1.49. The number of nitrogens with zero attached hydrogens (tertiary/aromatic N) is 1. The van der Waals surface area contributed by atoms with Crippen LogP contribution in [0.2, 0.25) is 0 Å². The molecule has 0 bridgehead atoms. The van der Waals surface area contributed by atoms with Crippen molar-refractivity contribution in [3.05, 3.63) is 54.0 Å². The van der Waals surface area contributed by atoms with E-state index in [1.54, 1.807) is 12.3 Å². The van der Waals surface area contributed by atoms with Crippen LogP contribution in [0.4, 0.5) is 4.39 Å². The molecule has 1 aromatic carbocycles. The first-order valence-electron chi connectivity index (χ1n) is 5.88. The van der Waals surface area contributed by atoms with Crippen LogP contribution in [0.3, 0.4) is 0 Å². The maximum Gasteiger partial charge on any atom is 0.128 e. The van der Waals surface area contributed by atoms with Crippen LogP contribution in [0, 0.1) is 5.82 Å². The lowest BCUT2D eigenvalue weighted by atomic mass is 10.2. The van der Waals surface area contributed by atoms with Crippen LogP contribution in [-0.4, -0.2) is 11.5 Å². The summed E-state index contributed by atoms with van der Waals surface area (Å²) in [4.78, 5) is 5.16. The normalized spacial score (nSPS) is 10.6. The van der Waals surface area contributed by atoms with Gasteiger partial charge in [-0.1, -0.05) is 30.8 Å². The molecule has 0 aliphatic rings. The fourth-order valence-corrected chi connectivity index (χ4v) is 2.50. The lowest BCUT2D eigenvalue weighted by Crippen LogP contribution is -2.13. The smallest absolute Gasteiger partial charge is 0.128 e. The molecule has 0 aliphatic heterocycles. The number of hydrogen-bond acceptors (Lipinski definition) is 3. The van der Waals surface area contributed by atoms with E-state index >= 15 is 0 Å². The summed E-state index contributed by atoms with van der Waals surface area (Å²) in [5.41, 5.74) is 0.704. The van der Waals surface area contributed by atoms with Crippen LogP contribution in [0.5, 0.6) is 0 Å². The summed E-state index contributed by atoms with van der Waals surface area (Å²) in [5.74, 6) is -0.170. The van der Waals surface area contributed by atoms with Crippen molar-refractivity contribution in [2.24, 2.45) is 0 Å². The van der Waals surface area contributed by atoms with Crippen LogP contribution in [0.1, 0.15) is 12.5 Å². The summed E-state index contributed by atoms with van der Waals surface area (Å²) < 4.78 is 13.8. The van der Waals surface area contributed by atoms with E-state index in [0.717, 1.165) is 16.5 Å². The van der Waals surface area contributed by atoms with Crippen molar-refractivity contribution >= 4 is 11.8 Å². The Bertz CT molecular complexity index is 502. The van der Waals surface area contributed by atoms with Crippen LogP contribution >= 0.6 is 11.8 Å². The van der Waals surface area contributed by atoms with Gasteiger partial charge in [-0.05, 0) is 30.8 Å². The zero-order chi connectivity index (χ0) is 12.8. The van der Waals surface area contributed by atoms with E-state index in [9.17, 15) is 4.39 Å². The Morgan fingerprint density at radius 3 is 2.83 bits per heavy atom. The number of pyridine rings is 1. The first-order chi connectivity index (χ1) is 8.81. The van der Waals surface area contributed by atoms with Gasteiger partial charge in [0.25, 0.3) is 0 Å². The molecule has 1 aromatic heterocycles. The first kappa shape index (κ1) is 13.1. The molecule has 0 saturated carbocycles. The summed E-state index contributed by atoms with van der Waals surface area (Å²) in [7, 11) is 0. The van der Waals surface area contributed by atoms with E-state index in [1.165, 1.54) is 17.8 Å². The van der Waals surface area contributed by atoms with E-state index in [1.807, 2.05) is 31.2 Å². The molecule has 0 atom stereocenters. The second kappa shape index (κ2) is 6.52. The van der Waals surface area contributed by atoms with Crippen molar-refractivity contribution < 1.29 is 4.39 Å². The van der Waals surface area contributed by atoms with Crippen molar-refractivity contribution in [2.45, 2.75) is 23.4 Å². The van der Waals surface area contributed by atoms with E-state index in [-0.39, 0.29) is 5.82 Å². The molecule has 1 heterocycles. The molecule has 2 rings (SSSR count). The molecule has 0 aliphatic carbocycles. The van der Waals surface area contributed by atoms with Crippen molar-refractivity contribution in [3.63, 3.8) is 0 Å². The average Bonchev–Trinajstić information content (AvgIpc) is 2.39. The highest BCUT2D eigenvalue weighted by atomic mass is 32.2. The minimum atomic E-state index is -0.170. The van der Waals surface area contributed by atoms with Crippen LogP contribution in [0.25, 0.3) is 0 Å². The minimum absolute atomic E-state index is 0.170. The molecule has 1 N–H and O–H groups in total. The van der Waals surface area contributed by atoms with Crippen LogP contribution in [0.15, 0.2) is 52.5 Å². The number of nitrogens with one attached hydrogen (secondary N) is 1. The Morgan fingerprint density at radius 1 is 1.22 bits per heavy atom. The van der Waals surface area contributed by atoms with Crippen molar-refractivity contribution in [3.8, 4) is 0 Å². The zero-order valence-corrected chi connectivity index (χ0v) is 11.0. The van der Waals surface area contributed by atoms with Crippen LogP contribution < -0.4 is 5.32 Å². The highest BCUT2D eigenvalue weighted by Crippen LogP contribution is 2.30. The van der Waals surface area contributed by atoms with Gasteiger partial charge in [-0.15, -0.1) is 0 Å². The van der Waals surface area contributed by atoms with Crippen LogP contribution in [-0.2, 0) is 6.54 Å². The van der Waals surface area contributed by atoms with Gasteiger partial charge in [0.15, 0.2) is 0 Å². The Hall–Kier alpha value is -1.39. The third kappa shape index (κ3) is 3.31. The predicted molar refractivity (Wildman–Crippen MR) is 72.1 cm³/mol. The largest absolute Gasteiger partial charge is 0.313 e. The van der Waals surface area contributed by atoms with E-state index in [4.69, 9.17) is 0 Å². The van der Waals surface area contributed by atoms with E-state index in [0.29, 0.717) is 12.1 Å². The molecule has 0 fully saturated rings. The molecule has 2 nitrogen and oxygen atoms in total. The number of aromatic nitrogens is 1. The molecule has 4 heteroatoms. The standard InChI is InChI=1S/C14H15FN2S/c1-2-16-10-11-12(15)6-5-7-13(11)18-14-8-3-4-9-17-14/h3-9,16H,2,10H2,1H3. The van der Waals surface area contributed by atoms with Crippen molar-refractivity contribution in [1.29, 1.82) is 0 Å². The number of rotatable bonds is 5. The van der Waals surface area contributed by atoms with Gasteiger partial charge in [-0.25, -0.2) is 9.37 Å². The number of hydrogen-bond donors (Lipinski definition) is 1. The van der Waals surface area contributed by atoms with E-state index in [2.05, 4.69) is 10.3 Å². The highest BCUT2D eigenvalue weighted by Gasteiger charge is 2.09. The molecule has 0 radical (unpaired) electrons. The van der Waals surface area contributed by atoms with Gasteiger partial charge in [0.2, 0.25) is 0 Å². The summed E-state index contributed by atoms with van der Waals surface area (Å²) in [6, 6.07) is 10.9. The maximum absolute atomic E-state index is 13.8. The van der Waals surface area contributed by atoms with Gasteiger partial charge >= 0.3 is 0 Å². The first-order valence-corrected chi connectivity index (χ1v) is 6.70. The molecule has 94 valence electrons. The molecular formula is C14H15FN2S. The maximum atomic E-state index is 13.8. The lowest BCUT2D eigenvalue weighted by Gasteiger charge is -2.10. The topological polar surface area (TPSA) is 24.9 Å². The van der Waals surface area contributed by atoms with E-state index < -0.39 is 0 Å². The van der Waals surface area contributed by atoms with Gasteiger partial charge in [0.1, 0.15) is 10.8 Å². The fraction of sp³-hybridized carbons (Fsp3) is 0.214. The fourth-order valence-electron chi connectivity index (χ4n) is 1.58. The SMILES string of the molecule is CCNCc1c(F)cccc1Sc1ccccn1. The summed E-state index contributed by atoms with van der Waals surface area (Å²) in [5, 5.41) is 4.03. The second-order valence-electron chi connectivity index (χ2n) is 3.77. The Kier molecular flexibility index (Phi) is 4.73. The minimum Gasteiger partial charge on any atom is -0.313 e. The number of halogens is 1. The Labute approximate surface area is 111 Å². The molecule has 0 saturated heterocycles. The molecule has 0 amide bonds. The monoisotopic (exact) mass is 262 g/mol. The lowest BCUT2D eigenvalue weighted by molar-refractivity contribution is 0.585. The van der Waals surface area contributed by atoms with Gasteiger partial charge in [0.05, 0.1) is 0 Å². The Morgan fingerprint density at radius 2 is 2.11 bits per heavy atom. The zero-order valence-electron chi connectivity index (χ0n) is 10.2. The van der Waals surface area contributed by atoms with Crippen molar-refractivity contribution in [1.82, 2.24) is 10.3 Å². The molecule has 0 spiro atoms. The molecule has 18 heavy (non-hydrogen) atoms. The van der Waals surface area contributed by atoms with Crippen molar-refractivity contribution in [2.75, 3.05) is 6.54 Å². The Balaban J connectivity index is 2.24. The van der Waals surface area contributed by atoms with Gasteiger partial charge in [-0.3, -0.25) is 0 Å². The second-order valence-corrected chi connectivity index (χ2v) is 4.83. The van der Waals surface area contributed by atoms with Gasteiger partial charge in [-0.2, -0.15) is 0 Å². The average molecular weight is 262 g/mol. The van der Waals surface area contributed by atoms with Gasteiger partial charge in [0, 0.05) is 23.2 Å². The summed E-state index contributed by atoms with van der Waals surface area (Å²) in [6.07, 6.45) is 1.74. The van der Waals surface area contributed by atoms with Gasteiger partial charge < -0.3 is 5.32 Å². The quantitative estimate of drug-likeness (QED) is 0.893. The highest BCUT2D eigenvalue weighted by molar-refractivity contribution is 7.99. The number of benzene rings is 1. The molecular weight excluding hydrogens is 247 g/mol.